The molecule has 0 aromatic heterocycles. The number of halogens is 1. The van der Waals surface area contributed by atoms with Crippen LogP contribution in [0.5, 0.6) is 0 Å². The monoisotopic (exact) mass is 345 g/mol. The SMILES string of the molecule is C[C@H](C(=O)Nc1ccc([N+](=O)[O-])cc1Cl)N1CCc2ccccc21. The van der Waals surface area contributed by atoms with Crippen LogP contribution in [0.25, 0.3) is 0 Å². The summed E-state index contributed by atoms with van der Waals surface area (Å²) in [5.41, 5.74) is 2.55. The fourth-order valence-electron chi connectivity index (χ4n) is 2.86. The lowest BCUT2D eigenvalue weighted by molar-refractivity contribution is -0.384. The van der Waals surface area contributed by atoms with Crippen molar-refractivity contribution in [3.63, 3.8) is 0 Å². The minimum absolute atomic E-state index is 0.112. The number of para-hydroxylation sites is 1. The average molecular weight is 346 g/mol. The third kappa shape index (κ3) is 3.05. The Labute approximate surface area is 144 Å². The van der Waals surface area contributed by atoms with Crippen molar-refractivity contribution in [2.75, 3.05) is 16.8 Å². The predicted octanol–water partition coefficient (Wildman–Crippen LogP) is 3.64. The first-order valence-electron chi connectivity index (χ1n) is 7.56. The second kappa shape index (κ2) is 6.49. The van der Waals surface area contributed by atoms with Gasteiger partial charge >= 0.3 is 0 Å². The van der Waals surface area contributed by atoms with Gasteiger partial charge in [0.2, 0.25) is 5.91 Å². The third-order valence-electron chi connectivity index (χ3n) is 4.19. The molecule has 1 N–H and O–H groups in total. The molecule has 1 aliphatic heterocycles. The van der Waals surface area contributed by atoms with Crippen molar-refractivity contribution in [3.8, 4) is 0 Å². The van der Waals surface area contributed by atoms with Gasteiger partial charge in [-0.15, -0.1) is 0 Å². The molecule has 0 aliphatic carbocycles. The molecule has 6 nitrogen and oxygen atoms in total. The normalized spacial score (nSPS) is 14.2. The number of rotatable bonds is 4. The second-order valence-electron chi connectivity index (χ2n) is 5.66. The summed E-state index contributed by atoms with van der Waals surface area (Å²) in [5, 5.41) is 13.6. The number of anilines is 2. The molecule has 0 unspecified atom stereocenters. The molecule has 3 rings (SSSR count). The lowest BCUT2D eigenvalue weighted by atomic mass is 10.1. The van der Waals surface area contributed by atoms with Gasteiger partial charge < -0.3 is 10.2 Å². The molecule has 24 heavy (non-hydrogen) atoms. The van der Waals surface area contributed by atoms with Gasteiger partial charge in [-0.3, -0.25) is 14.9 Å². The zero-order valence-electron chi connectivity index (χ0n) is 13.0. The van der Waals surface area contributed by atoms with Crippen molar-refractivity contribution in [1.82, 2.24) is 0 Å². The van der Waals surface area contributed by atoms with Gasteiger partial charge in [0.05, 0.1) is 15.6 Å². The summed E-state index contributed by atoms with van der Waals surface area (Å²) in [6.45, 7) is 2.61. The number of nitrogens with zero attached hydrogens (tertiary/aromatic N) is 2. The van der Waals surface area contributed by atoms with Crippen molar-refractivity contribution in [3.05, 3.63) is 63.2 Å². The van der Waals surface area contributed by atoms with Gasteiger partial charge in [0.25, 0.3) is 5.69 Å². The molecule has 1 amide bonds. The van der Waals surface area contributed by atoms with Crippen LogP contribution in [0.2, 0.25) is 5.02 Å². The lowest BCUT2D eigenvalue weighted by Gasteiger charge is -2.26. The van der Waals surface area contributed by atoms with Crippen LogP contribution in [-0.4, -0.2) is 23.4 Å². The summed E-state index contributed by atoms with van der Waals surface area (Å²) in [6, 6.07) is 11.6. The molecule has 2 aromatic carbocycles. The molecular formula is C17H16ClN3O3. The van der Waals surface area contributed by atoms with E-state index in [1.807, 2.05) is 30.0 Å². The molecule has 7 heteroatoms. The number of benzene rings is 2. The largest absolute Gasteiger partial charge is 0.359 e. The van der Waals surface area contributed by atoms with E-state index in [0.29, 0.717) is 5.69 Å². The van der Waals surface area contributed by atoms with Crippen LogP contribution in [0.4, 0.5) is 17.1 Å². The average Bonchev–Trinajstić information content (AvgIpc) is 2.99. The number of fused-ring (bicyclic) bond motifs is 1. The van der Waals surface area contributed by atoms with Gasteiger partial charge in [-0.2, -0.15) is 0 Å². The summed E-state index contributed by atoms with van der Waals surface area (Å²) in [4.78, 5) is 24.8. The summed E-state index contributed by atoms with van der Waals surface area (Å²) in [5.74, 6) is -0.206. The maximum Gasteiger partial charge on any atom is 0.271 e. The highest BCUT2D eigenvalue weighted by molar-refractivity contribution is 6.34. The number of carbonyl (C=O) groups is 1. The smallest absolute Gasteiger partial charge is 0.271 e. The molecule has 0 bridgehead atoms. The highest BCUT2D eigenvalue weighted by atomic mass is 35.5. The maximum absolute atomic E-state index is 12.5. The van der Waals surface area contributed by atoms with Crippen LogP contribution < -0.4 is 10.2 Å². The van der Waals surface area contributed by atoms with Crippen LogP contribution in [0.1, 0.15) is 12.5 Å². The number of non-ortho nitro benzene ring substituents is 1. The predicted molar refractivity (Wildman–Crippen MR) is 93.7 cm³/mol. The van der Waals surface area contributed by atoms with Gasteiger partial charge in [0.15, 0.2) is 0 Å². The van der Waals surface area contributed by atoms with Gasteiger partial charge in [-0.05, 0) is 31.0 Å². The minimum Gasteiger partial charge on any atom is -0.359 e. The molecule has 0 saturated carbocycles. The zero-order chi connectivity index (χ0) is 17.3. The van der Waals surface area contributed by atoms with E-state index in [-0.39, 0.29) is 22.7 Å². The first-order valence-corrected chi connectivity index (χ1v) is 7.94. The van der Waals surface area contributed by atoms with Gasteiger partial charge in [-0.1, -0.05) is 29.8 Å². The Kier molecular flexibility index (Phi) is 4.40. The number of nitrogens with one attached hydrogen (secondary N) is 1. The van der Waals surface area contributed by atoms with E-state index in [1.165, 1.54) is 23.8 Å². The molecule has 1 aliphatic rings. The molecule has 1 atom stereocenters. The number of hydrogen-bond acceptors (Lipinski definition) is 4. The molecule has 0 saturated heterocycles. The molecule has 0 fully saturated rings. The molecule has 0 radical (unpaired) electrons. The third-order valence-corrected chi connectivity index (χ3v) is 4.50. The van der Waals surface area contributed by atoms with Crippen molar-refractivity contribution in [2.24, 2.45) is 0 Å². The van der Waals surface area contributed by atoms with Crippen molar-refractivity contribution < 1.29 is 9.72 Å². The summed E-state index contributed by atoms with van der Waals surface area (Å²) < 4.78 is 0. The van der Waals surface area contributed by atoms with E-state index in [1.54, 1.807) is 0 Å². The van der Waals surface area contributed by atoms with E-state index in [0.717, 1.165) is 18.7 Å². The topological polar surface area (TPSA) is 75.5 Å². The van der Waals surface area contributed by atoms with Gasteiger partial charge in [0.1, 0.15) is 6.04 Å². The quantitative estimate of drug-likeness (QED) is 0.678. The molecule has 1 heterocycles. The lowest BCUT2D eigenvalue weighted by Crippen LogP contribution is -2.41. The zero-order valence-corrected chi connectivity index (χ0v) is 13.8. The van der Waals surface area contributed by atoms with Crippen LogP contribution in [0.3, 0.4) is 0 Å². The van der Waals surface area contributed by atoms with Gasteiger partial charge in [0, 0.05) is 24.4 Å². The van der Waals surface area contributed by atoms with E-state index < -0.39 is 4.92 Å². The van der Waals surface area contributed by atoms with Crippen LogP contribution in [-0.2, 0) is 11.2 Å². The van der Waals surface area contributed by atoms with E-state index in [2.05, 4.69) is 11.4 Å². The maximum atomic E-state index is 12.5. The summed E-state index contributed by atoms with van der Waals surface area (Å²) in [6.07, 6.45) is 0.909. The number of nitro benzene ring substituents is 1. The molecular weight excluding hydrogens is 330 g/mol. The first kappa shape index (κ1) is 16.3. The van der Waals surface area contributed by atoms with Crippen molar-refractivity contribution in [1.29, 1.82) is 0 Å². The number of nitro groups is 1. The summed E-state index contributed by atoms with van der Waals surface area (Å²) in [7, 11) is 0. The number of amides is 1. The van der Waals surface area contributed by atoms with E-state index >= 15 is 0 Å². The fraction of sp³-hybridized carbons (Fsp3) is 0.235. The van der Waals surface area contributed by atoms with Crippen LogP contribution in [0, 0.1) is 10.1 Å². The molecule has 0 spiro atoms. The standard InChI is InChI=1S/C17H16ClN3O3/c1-11(20-9-8-12-4-2-3-5-16(12)20)17(22)19-15-7-6-13(21(23)24)10-14(15)18/h2-7,10-11H,8-9H2,1H3,(H,19,22)/t11-/m1/s1. The highest BCUT2D eigenvalue weighted by Crippen LogP contribution is 2.30. The number of hydrogen-bond donors (Lipinski definition) is 1. The first-order chi connectivity index (χ1) is 11.5. The van der Waals surface area contributed by atoms with Crippen molar-refractivity contribution >= 4 is 34.6 Å². The molecule has 2 aromatic rings. The fourth-order valence-corrected chi connectivity index (χ4v) is 3.09. The molecule has 124 valence electrons. The van der Waals surface area contributed by atoms with Crippen molar-refractivity contribution in [2.45, 2.75) is 19.4 Å². The Hall–Kier alpha value is -2.60. The highest BCUT2D eigenvalue weighted by Gasteiger charge is 2.27. The Morgan fingerprint density at radius 1 is 1.33 bits per heavy atom. The Bertz CT molecular complexity index is 809. The number of carbonyl (C=O) groups excluding carboxylic acids is 1. The van der Waals surface area contributed by atoms with E-state index in [4.69, 9.17) is 11.6 Å². The Morgan fingerprint density at radius 3 is 2.79 bits per heavy atom. The van der Waals surface area contributed by atoms with E-state index in [9.17, 15) is 14.9 Å². The minimum atomic E-state index is -0.527. The second-order valence-corrected chi connectivity index (χ2v) is 6.07. The summed E-state index contributed by atoms with van der Waals surface area (Å²) >= 11 is 6.03. The Morgan fingerprint density at radius 2 is 2.08 bits per heavy atom. The van der Waals surface area contributed by atoms with Crippen LogP contribution in [0.15, 0.2) is 42.5 Å². The van der Waals surface area contributed by atoms with Crippen LogP contribution >= 0.6 is 11.6 Å². The Balaban J connectivity index is 1.75. The van der Waals surface area contributed by atoms with Gasteiger partial charge in [-0.25, -0.2) is 0 Å².